The van der Waals surface area contributed by atoms with Crippen molar-refractivity contribution in [2.75, 3.05) is 18.0 Å². The maximum atomic E-state index is 10.4. The Bertz CT molecular complexity index is 297. The summed E-state index contributed by atoms with van der Waals surface area (Å²) in [5.41, 5.74) is -0.109. The van der Waals surface area contributed by atoms with Gasteiger partial charge in [-0.1, -0.05) is 5.16 Å². The molecule has 0 fully saturated rings. The fourth-order valence-electron chi connectivity index (χ4n) is 0.848. The SMILES string of the molecule is [CH2-]CN(C[CH2-])c1cc(C(=O)O)no1.[Y]. The molecule has 0 spiro atoms. The van der Waals surface area contributed by atoms with Crippen LogP contribution >= 0.6 is 0 Å². The van der Waals surface area contributed by atoms with Crippen LogP contribution in [0.2, 0.25) is 0 Å². The van der Waals surface area contributed by atoms with Crippen LogP contribution in [0.3, 0.4) is 0 Å². The number of carboxylic acids is 1. The van der Waals surface area contributed by atoms with E-state index in [4.69, 9.17) is 9.63 Å². The number of carboxylic acid groups (broad SMARTS) is 1. The number of anilines is 1. The van der Waals surface area contributed by atoms with Gasteiger partial charge < -0.3 is 28.4 Å². The van der Waals surface area contributed by atoms with Crippen molar-refractivity contribution in [1.29, 1.82) is 0 Å². The summed E-state index contributed by atoms with van der Waals surface area (Å²) in [5, 5.41) is 11.9. The fourth-order valence-corrected chi connectivity index (χ4v) is 0.848. The summed E-state index contributed by atoms with van der Waals surface area (Å²) in [4.78, 5) is 12.1. The zero-order chi connectivity index (χ0) is 9.84. The molecule has 1 aromatic heterocycles. The second-order valence-corrected chi connectivity index (χ2v) is 2.34. The minimum atomic E-state index is -1.11. The van der Waals surface area contributed by atoms with E-state index in [2.05, 4.69) is 19.0 Å². The summed E-state index contributed by atoms with van der Waals surface area (Å²) in [6, 6.07) is 1.35. The van der Waals surface area contributed by atoms with Crippen LogP contribution in [0.15, 0.2) is 10.6 Å². The third-order valence-electron chi connectivity index (χ3n) is 1.57. The van der Waals surface area contributed by atoms with Gasteiger partial charge in [0.2, 0.25) is 5.88 Å². The first kappa shape index (κ1) is 13.6. The summed E-state index contributed by atoms with van der Waals surface area (Å²) in [6.07, 6.45) is 0. The largest absolute Gasteiger partial charge is 0.476 e. The second-order valence-electron chi connectivity index (χ2n) is 2.34. The normalized spacial score (nSPS) is 9.29. The zero-order valence-corrected chi connectivity index (χ0v) is 10.5. The molecule has 0 amide bonds. The Morgan fingerprint density at radius 2 is 2.14 bits per heavy atom. The number of rotatable bonds is 4. The monoisotopic (exact) mass is 271 g/mol. The Kier molecular flexibility index (Phi) is 5.96. The van der Waals surface area contributed by atoms with Crippen molar-refractivity contribution in [2.45, 2.75) is 0 Å². The molecule has 0 saturated heterocycles. The van der Waals surface area contributed by atoms with Crippen LogP contribution < -0.4 is 4.90 Å². The Morgan fingerprint density at radius 1 is 1.57 bits per heavy atom. The first-order valence-electron chi connectivity index (χ1n) is 3.72. The van der Waals surface area contributed by atoms with Gasteiger partial charge in [-0.25, -0.2) is 4.79 Å². The van der Waals surface area contributed by atoms with Gasteiger partial charge in [-0.2, -0.15) is 0 Å². The number of nitrogens with zero attached hydrogens (tertiary/aromatic N) is 2. The Hall–Kier alpha value is -0.416. The molecule has 0 saturated carbocycles. The molecular formula is C8H10N2O3Y-2. The summed E-state index contributed by atoms with van der Waals surface area (Å²) in [5.74, 6) is -0.731. The molecule has 75 valence electrons. The van der Waals surface area contributed by atoms with Crippen LogP contribution in [0.1, 0.15) is 10.5 Å². The summed E-state index contributed by atoms with van der Waals surface area (Å²) in [7, 11) is 0. The Balaban J connectivity index is 0.00000169. The van der Waals surface area contributed by atoms with Crippen LogP contribution in [0.4, 0.5) is 5.88 Å². The van der Waals surface area contributed by atoms with E-state index >= 15 is 0 Å². The van der Waals surface area contributed by atoms with E-state index in [1.165, 1.54) is 6.07 Å². The quantitative estimate of drug-likeness (QED) is 0.822. The van der Waals surface area contributed by atoms with E-state index in [-0.39, 0.29) is 38.4 Å². The van der Waals surface area contributed by atoms with E-state index in [0.717, 1.165) is 0 Å². The maximum absolute atomic E-state index is 10.4. The van der Waals surface area contributed by atoms with Gasteiger partial charge in [-0.15, -0.1) is 13.1 Å². The molecule has 0 aliphatic heterocycles. The maximum Gasteiger partial charge on any atom is 0.358 e. The predicted octanol–water partition coefficient (Wildman–Crippen LogP) is 0.845. The van der Waals surface area contributed by atoms with Crippen molar-refractivity contribution in [3.05, 3.63) is 25.6 Å². The number of hydrogen-bond acceptors (Lipinski definition) is 4. The number of aromatic carboxylic acids is 1. The molecule has 14 heavy (non-hydrogen) atoms. The standard InChI is InChI=1S/C8H10N2O3.Y/c1-3-10(4-2)7-5-6(8(11)12)9-13-7;/h5H,1-4H2,(H,11,12);/q-2;. The third-order valence-corrected chi connectivity index (χ3v) is 1.57. The molecule has 1 aromatic rings. The summed E-state index contributed by atoms with van der Waals surface area (Å²) < 4.78 is 4.78. The van der Waals surface area contributed by atoms with Crippen LogP contribution in [-0.2, 0) is 32.7 Å². The smallest absolute Gasteiger partial charge is 0.358 e. The van der Waals surface area contributed by atoms with Gasteiger partial charge >= 0.3 is 5.97 Å². The molecule has 0 unspecified atom stereocenters. The van der Waals surface area contributed by atoms with Crippen LogP contribution in [0.5, 0.6) is 0 Å². The van der Waals surface area contributed by atoms with Gasteiger partial charge in [0.25, 0.3) is 0 Å². The van der Waals surface area contributed by atoms with E-state index in [1.807, 2.05) is 0 Å². The van der Waals surface area contributed by atoms with Crippen LogP contribution in [0, 0.1) is 13.8 Å². The first-order valence-corrected chi connectivity index (χ1v) is 3.72. The van der Waals surface area contributed by atoms with Crippen LogP contribution in [-0.4, -0.2) is 29.3 Å². The number of carbonyl (C=O) groups is 1. The third kappa shape index (κ3) is 3.06. The molecular weight excluding hydrogens is 261 g/mol. The van der Waals surface area contributed by atoms with Gasteiger partial charge in [0.05, 0.1) is 0 Å². The minimum Gasteiger partial charge on any atom is -0.476 e. The van der Waals surface area contributed by atoms with Crippen molar-refractivity contribution < 1.29 is 47.1 Å². The van der Waals surface area contributed by atoms with E-state index < -0.39 is 5.97 Å². The molecule has 0 atom stereocenters. The molecule has 1 heterocycles. The van der Waals surface area contributed by atoms with Gasteiger partial charge in [0.15, 0.2) is 5.69 Å². The molecule has 5 nitrogen and oxygen atoms in total. The van der Waals surface area contributed by atoms with Crippen molar-refractivity contribution >= 4 is 11.9 Å². The molecule has 1 rings (SSSR count). The molecule has 0 aromatic carbocycles. The van der Waals surface area contributed by atoms with Crippen LogP contribution in [0.25, 0.3) is 0 Å². The second kappa shape index (κ2) is 6.14. The Morgan fingerprint density at radius 3 is 2.50 bits per heavy atom. The number of hydrogen-bond donors (Lipinski definition) is 1. The zero-order valence-electron chi connectivity index (χ0n) is 7.64. The predicted molar refractivity (Wildman–Crippen MR) is 46.4 cm³/mol. The van der Waals surface area contributed by atoms with E-state index in [0.29, 0.717) is 19.0 Å². The van der Waals surface area contributed by atoms with Crippen molar-refractivity contribution in [2.24, 2.45) is 0 Å². The van der Waals surface area contributed by atoms with E-state index in [1.54, 1.807) is 4.90 Å². The summed E-state index contributed by atoms with van der Waals surface area (Å²) in [6.45, 7) is 8.19. The minimum absolute atomic E-state index is 0. The van der Waals surface area contributed by atoms with Gasteiger partial charge in [-0.05, 0) is 0 Å². The molecule has 6 heteroatoms. The number of aromatic nitrogens is 1. The topological polar surface area (TPSA) is 66.6 Å². The van der Waals surface area contributed by atoms with Crippen molar-refractivity contribution in [3.8, 4) is 0 Å². The molecule has 0 aliphatic carbocycles. The van der Waals surface area contributed by atoms with Gasteiger partial charge in [0.1, 0.15) is 0 Å². The van der Waals surface area contributed by atoms with E-state index in [9.17, 15) is 4.79 Å². The Labute approximate surface area is 107 Å². The molecule has 0 aliphatic rings. The average Bonchev–Trinajstić information content (AvgIpc) is 2.56. The average molecular weight is 271 g/mol. The fraction of sp³-hybridized carbons (Fsp3) is 0.250. The van der Waals surface area contributed by atoms with Crippen molar-refractivity contribution in [1.82, 2.24) is 5.16 Å². The molecule has 1 radical (unpaired) electrons. The molecule has 1 N–H and O–H groups in total. The van der Waals surface area contributed by atoms with Crippen molar-refractivity contribution in [3.63, 3.8) is 0 Å². The first-order chi connectivity index (χ1) is 6.19. The molecule has 0 bridgehead atoms. The van der Waals surface area contributed by atoms with Gasteiger partial charge in [-0.3, -0.25) is 0 Å². The van der Waals surface area contributed by atoms with Gasteiger partial charge in [0, 0.05) is 38.8 Å². The summed E-state index contributed by atoms with van der Waals surface area (Å²) >= 11 is 0.